The maximum absolute atomic E-state index is 14.2. The van der Waals surface area contributed by atoms with Gasteiger partial charge in [-0.15, -0.1) is 0 Å². The molecule has 4 nitrogen and oxygen atoms in total. The Kier molecular flexibility index (Phi) is 5.41. The summed E-state index contributed by atoms with van der Waals surface area (Å²) in [6.07, 6.45) is 1.86. The van der Waals surface area contributed by atoms with Crippen LogP contribution in [0.15, 0.2) is 60.8 Å². The molecule has 1 aromatic heterocycles. The third-order valence-electron chi connectivity index (χ3n) is 4.02. The Morgan fingerprint density at radius 1 is 1.15 bits per heavy atom. The summed E-state index contributed by atoms with van der Waals surface area (Å²) < 4.78 is 34.0. The standard InChI is InChI=1S/C20H18F2N2O2/c1-2-26-20(25)16(12-14-6-4-3-5-7-14)18-10-11-23-24(18)19-9-8-15(21)13-17(19)22/h3-11,13,16H,2,12H2,1H3. The molecule has 2 aromatic carbocycles. The lowest BCUT2D eigenvalue weighted by atomic mass is 9.96. The number of benzene rings is 2. The highest BCUT2D eigenvalue weighted by Crippen LogP contribution is 2.26. The Morgan fingerprint density at radius 3 is 2.62 bits per heavy atom. The Labute approximate surface area is 150 Å². The smallest absolute Gasteiger partial charge is 0.315 e. The van der Waals surface area contributed by atoms with E-state index in [1.54, 1.807) is 13.0 Å². The van der Waals surface area contributed by atoms with Crippen molar-refractivity contribution in [1.82, 2.24) is 9.78 Å². The van der Waals surface area contributed by atoms with Crippen LogP contribution in [0.25, 0.3) is 5.69 Å². The van der Waals surface area contributed by atoms with Crippen LogP contribution in [0.3, 0.4) is 0 Å². The topological polar surface area (TPSA) is 44.1 Å². The number of rotatable bonds is 6. The highest BCUT2D eigenvalue weighted by molar-refractivity contribution is 5.78. The van der Waals surface area contributed by atoms with Crippen molar-refractivity contribution < 1.29 is 18.3 Å². The fourth-order valence-corrected chi connectivity index (χ4v) is 2.83. The number of hydrogen-bond acceptors (Lipinski definition) is 3. The van der Waals surface area contributed by atoms with Crippen LogP contribution in [0.4, 0.5) is 8.78 Å². The summed E-state index contributed by atoms with van der Waals surface area (Å²) in [5.74, 6) is -2.51. The van der Waals surface area contributed by atoms with Gasteiger partial charge in [-0.05, 0) is 37.1 Å². The zero-order chi connectivity index (χ0) is 18.5. The Bertz CT molecular complexity index is 894. The summed E-state index contributed by atoms with van der Waals surface area (Å²) >= 11 is 0. The first-order valence-corrected chi connectivity index (χ1v) is 8.30. The first-order valence-electron chi connectivity index (χ1n) is 8.30. The molecule has 0 bridgehead atoms. The summed E-state index contributed by atoms with van der Waals surface area (Å²) in [6.45, 7) is 1.97. The molecule has 1 heterocycles. The van der Waals surface area contributed by atoms with Gasteiger partial charge in [0.15, 0.2) is 5.82 Å². The number of halogens is 2. The number of hydrogen-bond donors (Lipinski definition) is 0. The van der Waals surface area contributed by atoms with Crippen molar-refractivity contribution in [3.63, 3.8) is 0 Å². The highest BCUT2D eigenvalue weighted by Gasteiger charge is 2.27. The number of carbonyl (C=O) groups excluding carboxylic acids is 1. The molecule has 0 amide bonds. The molecule has 0 aliphatic rings. The van der Waals surface area contributed by atoms with Crippen molar-refractivity contribution in [2.75, 3.05) is 6.61 Å². The van der Waals surface area contributed by atoms with Crippen LogP contribution in [0.1, 0.15) is 24.1 Å². The van der Waals surface area contributed by atoms with Gasteiger partial charge in [-0.3, -0.25) is 4.79 Å². The van der Waals surface area contributed by atoms with Crippen molar-refractivity contribution >= 4 is 5.97 Å². The lowest BCUT2D eigenvalue weighted by Gasteiger charge is -2.18. The van der Waals surface area contributed by atoms with E-state index >= 15 is 0 Å². The van der Waals surface area contributed by atoms with Gasteiger partial charge in [0.25, 0.3) is 0 Å². The van der Waals surface area contributed by atoms with E-state index in [0.717, 1.165) is 17.7 Å². The van der Waals surface area contributed by atoms with Crippen LogP contribution in [0.5, 0.6) is 0 Å². The molecular formula is C20H18F2N2O2. The maximum Gasteiger partial charge on any atom is 0.315 e. The van der Waals surface area contributed by atoms with E-state index in [1.807, 2.05) is 30.3 Å². The molecule has 26 heavy (non-hydrogen) atoms. The molecule has 3 aromatic rings. The van der Waals surface area contributed by atoms with Crippen LogP contribution in [0.2, 0.25) is 0 Å². The third-order valence-corrected chi connectivity index (χ3v) is 4.02. The first-order chi connectivity index (χ1) is 12.6. The summed E-state index contributed by atoms with van der Waals surface area (Å²) in [6, 6.07) is 14.4. The zero-order valence-electron chi connectivity index (χ0n) is 14.2. The second kappa shape index (κ2) is 7.91. The van der Waals surface area contributed by atoms with Crippen molar-refractivity contribution in [2.24, 2.45) is 0 Å². The van der Waals surface area contributed by atoms with Crippen LogP contribution in [-0.2, 0) is 16.0 Å². The highest BCUT2D eigenvalue weighted by atomic mass is 19.1. The number of aromatic nitrogens is 2. The van der Waals surface area contributed by atoms with Crippen molar-refractivity contribution in [1.29, 1.82) is 0 Å². The summed E-state index contributed by atoms with van der Waals surface area (Å²) in [7, 11) is 0. The summed E-state index contributed by atoms with van der Waals surface area (Å²) in [5, 5.41) is 4.13. The van der Waals surface area contributed by atoms with Crippen molar-refractivity contribution in [3.05, 3.63) is 83.7 Å². The fourth-order valence-electron chi connectivity index (χ4n) is 2.83. The van der Waals surface area contributed by atoms with Gasteiger partial charge in [0.05, 0.1) is 12.3 Å². The number of esters is 1. The van der Waals surface area contributed by atoms with Crippen LogP contribution in [-0.4, -0.2) is 22.4 Å². The molecule has 0 spiro atoms. The summed E-state index contributed by atoms with van der Waals surface area (Å²) in [4.78, 5) is 12.6. The van der Waals surface area contributed by atoms with E-state index in [1.165, 1.54) is 16.9 Å². The van der Waals surface area contributed by atoms with Crippen LogP contribution < -0.4 is 0 Å². The molecule has 0 fully saturated rings. The van der Waals surface area contributed by atoms with E-state index in [-0.39, 0.29) is 12.3 Å². The second-order valence-electron chi connectivity index (χ2n) is 5.76. The average molecular weight is 356 g/mol. The largest absolute Gasteiger partial charge is 0.465 e. The molecule has 3 rings (SSSR count). The number of nitrogens with zero attached hydrogens (tertiary/aromatic N) is 2. The van der Waals surface area contributed by atoms with Gasteiger partial charge in [0.1, 0.15) is 17.4 Å². The quantitative estimate of drug-likeness (QED) is 0.626. The Hall–Kier alpha value is -3.02. The minimum atomic E-state index is -0.753. The van der Waals surface area contributed by atoms with Gasteiger partial charge in [-0.2, -0.15) is 5.10 Å². The van der Waals surface area contributed by atoms with E-state index in [4.69, 9.17) is 4.74 Å². The van der Waals surface area contributed by atoms with Gasteiger partial charge >= 0.3 is 5.97 Å². The van der Waals surface area contributed by atoms with E-state index in [9.17, 15) is 13.6 Å². The van der Waals surface area contributed by atoms with Crippen LogP contribution >= 0.6 is 0 Å². The Balaban J connectivity index is 2.02. The van der Waals surface area contributed by atoms with Crippen molar-refractivity contribution in [3.8, 4) is 5.69 Å². The molecular weight excluding hydrogens is 338 g/mol. The minimum absolute atomic E-state index is 0.0776. The maximum atomic E-state index is 14.2. The first kappa shape index (κ1) is 17.8. The molecule has 0 saturated heterocycles. The molecule has 1 unspecified atom stereocenters. The molecule has 134 valence electrons. The molecule has 6 heteroatoms. The molecule has 0 aliphatic heterocycles. The molecule has 1 atom stereocenters. The molecule has 0 saturated carbocycles. The van der Waals surface area contributed by atoms with Gasteiger partial charge in [-0.1, -0.05) is 30.3 Å². The van der Waals surface area contributed by atoms with Gasteiger partial charge in [0.2, 0.25) is 0 Å². The minimum Gasteiger partial charge on any atom is -0.465 e. The van der Waals surface area contributed by atoms with Crippen molar-refractivity contribution in [2.45, 2.75) is 19.3 Å². The second-order valence-corrected chi connectivity index (χ2v) is 5.76. The normalized spacial score (nSPS) is 12.0. The molecule has 0 N–H and O–H groups in total. The molecule has 0 radical (unpaired) electrons. The zero-order valence-corrected chi connectivity index (χ0v) is 14.2. The predicted molar refractivity (Wildman–Crippen MR) is 93.0 cm³/mol. The van der Waals surface area contributed by atoms with Gasteiger partial charge in [-0.25, -0.2) is 13.5 Å². The number of ether oxygens (including phenoxy) is 1. The lowest BCUT2D eigenvalue weighted by molar-refractivity contribution is -0.145. The lowest BCUT2D eigenvalue weighted by Crippen LogP contribution is -2.21. The van der Waals surface area contributed by atoms with Gasteiger partial charge in [0, 0.05) is 12.3 Å². The fraction of sp³-hybridized carbons (Fsp3) is 0.200. The average Bonchev–Trinajstić information content (AvgIpc) is 3.10. The summed E-state index contributed by atoms with van der Waals surface area (Å²) in [5.41, 5.74) is 1.50. The monoisotopic (exact) mass is 356 g/mol. The third kappa shape index (κ3) is 3.79. The van der Waals surface area contributed by atoms with E-state index in [2.05, 4.69) is 5.10 Å². The Morgan fingerprint density at radius 2 is 1.92 bits per heavy atom. The van der Waals surface area contributed by atoms with Gasteiger partial charge < -0.3 is 4.74 Å². The SMILES string of the molecule is CCOC(=O)C(Cc1ccccc1)c1ccnn1-c1ccc(F)cc1F. The van der Waals surface area contributed by atoms with Crippen LogP contribution in [0, 0.1) is 11.6 Å². The number of carbonyl (C=O) groups is 1. The molecule has 0 aliphatic carbocycles. The van der Waals surface area contributed by atoms with E-state index < -0.39 is 23.5 Å². The predicted octanol–water partition coefficient (Wildman–Crippen LogP) is 4.04. The van der Waals surface area contributed by atoms with E-state index in [0.29, 0.717) is 12.1 Å².